The molecule has 0 aliphatic heterocycles. The smallest absolute Gasteiger partial charge is 0.245 e. The predicted octanol–water partition coefficient (Wildman–Crippen LogP) is 2.20. The number of hydrogen-bond acceptors (Lipinski definition) is 3. The number of nitrogens with one attached hydrogen (secondary N) is 1. The summed E-state index contributed by atoms with van der Waals surface area (Å²) < 4.78 is 0. The van der Waals surface area contributed by atoms with Crippen molar-refractivity contribution in [2.75, 3.05) is 5.32 Å². The van der Waals surface area contributed by atoms with E-state index in [4.69, 9.17) is 11.0 Å². The van der Waals surface area contributed by atoms with Crippen molar-refractivity contribution < 1.29 is 4.79 Å². The molecule has 2 aromatic rings. The maximum Gasteiger partial charge on any atom is 0.245 e. The average molecular weight is 251 g/mol. The molecule has 0 saturated carbocycles. The van der Waals surface area contributed by atoms with E-state index in [0.29, 0.717) is 11.3 Å². The number of nitriles is 1. The Morgan fingerprint density at radius 3 is 2.42 bits per heavy atom. The minimum absolute atomic E-state index is 0.339. The third-order valence-electron chi connectivity index (χ3n) is 2.75. The van der Waals surface area contributed by atoms with Crippen LogP contribution in [0.15, 0.2) is 54.6 Å². The lowest BCUT2D eigenvalue weighted by Gasteiger charge is -2.13. The van der Waals surface area contributed by atoms with E-state index in [1.165, 1.54) is 0 Å². The monoisotopic (exact) mass is 251 g/mol. The van der Waals surface area contributed by atoms with Crippen LogP contribution in [0.3, 0.4) is 0 Å². The lowest BCUT2D eigenvalue weighted by atomic mass is 10.1. The van der Waals surface area contributed by atoms with Gasteiger partial charge in [-0.3, -0.25) is 4.79 Å². The van der Waals surface area contributed by atoms with Crippen LogP contribution < -0.4 is 11.1 Å². The highest BCUT2D eigenvalue weighted by Crippen LogP contribution is 2.17. The summed E-state index contributed by atoms with van der Waals surface area (Å²) in [5.41, 5.74) is 7.50. The highest BCUT2D eigenvalue weighted by molar-refractivity contribution is 5.96. The predicted molar refractivity (Wildman–Crippen MR) is 73.2 cm³/mol. The van der Waals surface area contributed by atoms with Gasteiger partial charge in [-0.05, 0) is 17.7 Å². The third-order valence-corrected chi connectivity index (χ3v) is 2.75. The van der Waals surface area contributed by atoms with Crippen LogP contribution in [0.5, 0.6) is 0 Å². The van der Waals surface area contributed by atoms with Gasteiger partial charge < -0.3 is 11.1 Å². The third kappa shape index (κ3) is 2.97. The summed E-state index contributed by atoms with van der Waals surface area (Å²) in [7, 11) is 0. The van der Waals surface area contributed by atoms with E-state index in [0.717, 1.165) is 5.56 Å². The van der Waals surface area contributed by atoms with E-state index < -0.39 is 6.04 Å². The standard InChI is InChI=1S/C15H13N3O/c16-10-12-8-4-5-9-13(12)18-15(19)14(17)11-6-2-1-3-7-11/h1-9,14H,17H2,(H,18,19)/t14-/m1/s1. The van der Waals surface area contributed by atoms with Gasteiger partial charge in [-0.2, -0.15) is 5.26 Å². The molecule has 0 aliphatic carbocycles. The first-order chi connectivity index (χ1) is 9.22. The number of benzene rings is 2. The van der Waals surface area contributed by atoms with Crippen LogP contribution in [-0.2, 0) is 4.79 Å². The van der Waals surface area contributed by atoms with Gasteiger partial charge >= 0.3 is 0 Å². The summed E-state index contributed by atoms with van der Waals surface area (Å²) in [6, 6.07) is 17.2. The molecule has 0 fully saturated rings. The van der Waals surface area contributed by atoms with Gasteiger partial charge in [0.25, 0.3) is 0 Å². The molecule has 1 atom stereocenters. The topological polar surface area (TPSA) is 78.9 Å². The maximum absolute atomic E-state index is 12.0. The molecular weight excluding hydrogens is 238 g/mol. The molecule has 4 heteroatoms. The van der Waals surface area contributed by atoms with Crippen molar-refractivity contribution in [3.63, 3.8) is 0 Å². The van der Waals surface area contributed by atoms with Gasteiger partial charge in [0.05, 0.1) is 11.3 Å². The molecule has 4 nitrogen and oxygen atoms in total. The molecule has 2 rings (SSSR count). The normalized spacial score (nSPS) is 11.4. The van der Waals surface area contributed by atoms with Gasteiger partial charge in [0.15, 0.2) is 0 Å². The van der Waals surface area contributed by atoms with Crippen LogP contribution in [0.25, 0.3) is 0 Å². The Balaban J connectivity index is 2.16. The van der Waals surface area contributed by atoms with Crippen molar-refractivity contribution in [3.05, 3.63) is 65.7 Å². The molecule has 3 N–H and O–H groups in total. The van der Waals surface area contributed by atoms with Crippen LogP contribution >= 0.6 is 0 Å². The maximum atomic E-state index is 12.0. The van der Waals surface area contributed by atoms with E-state index >= 15 is 0 Å². The number of anilines is 1. The fraction of sp³-hybridized carbons (Fsp3) is 0.0667. The van der Waals surface area contributed by atoms with Crippen LogP contribution in [0, 0.1) is 11.3 Å². The summed E-state index contributed by atoms with van der Waals surface area (Å²) in [4.78, 5) is 12.0. The second kappa shape index (κ2) is 5.80. The van der Waals surface area contributed by atoms with Gasteiger partial charge in [0.2, 0.25) is 5.91 Å². The van der Waals surface area contributed by atoms with E-state index in [1.54, 1.807) is 36.4 Å². The van der Waals surface area contributed by atoms with Crippen LogP contribution in [0.4, 0.5) is 5.69 Å². The summed E-state index contributed by atoms with van der Waals surface area (Å²) in [6.45, 7) is 0. The average Bonchev–Trinajstić information content (AvgIpc) is 2.48. The minimum atomic E-state index is -0.757. The Bertz CT molecular complexity index is 617. The van der Waals surface area contributed by atoms with Gasteiger partial charge in [-0.15, -0.1) is 0 Å². The van der Waals surface area contributed by atoms with E-state index in [-0.39, 0.29) is 5.91 Å². The first-order valence-corrected chi connectivity index (χ1v) is 5.83. The van der Waals surface area contributed by atoms with E-state index in [1.807, 2.05) is 24.3 Å². The Kier molecular flexibility index (Phi) is 3.91. The van der Waals surface area contributed by atoms with Crippen molar-refractivity contribution in [1.29, 1.82) is 5.26 Å². The molecule has 1 amide bonds. The molecule has 0 saturated heterocycles. The Morgan fingerprint density at radius 1 is 1.11 bits per heavy atom. The van der Waals surface area contributed by atoms with Crippen molar-refractivity contribution in [2.45, 2.75) is 6.04 Å². The molecule has 0 spiro atoms. The minimum Gasteiger partial charge on any atom is -0.323 e. The van der Waals surface area contributed by atoms with Gasteiger partial charge in [0, 0.05) is 0 Å². The summed E-state index contributed by atoms with van der Waals surface area (Å²) in [5, 5.41) is 11.6. The van der Waals surface area contributed by atoms with Gasteiger partial charge in [0.1, 0.15) is 12.1 Å². The lowest BCUT2D eigenvalue weighted by molar-refractivity contribution is -0.117. The van der Waals surface area contributed by atoms with Crippen molar-refractivity contribution in [2.24, 2.45) is 5.73 Å². The largest absolute Gasteiger partial charge is 0.323 e. The number of hydrogen-bond donors (Lipinski definition) is 2. The molecule has 2 aromatic carbocycles. The summed E-state index contributed by atoms with van der Waals surface area (Å²) in [5.74, 6) is -0.339. The molecule has 0 heterocycles. The molecule has 19 heavy (non-hydrogen) atoms. The SMILES string of the molecule is N#Cc1ccccc1NC(=O)[C@H](N)c1ccccc1. The highest BCUT2D eigenvalue weighted by Gasteiger charge is 2.16. The van der Waals surface area contributed by atoms with E-state index in [9.17, 15) is 4.79 Å². The number of carbonyl (C=O) groups excluding carboxylic acids is 1. The molecule has 94 valence electrons. The molecule has 0 aromatic heterocycles. The summed E-state index contributed by atoms with van der Waals surface area (Å²) in [6.07, 6.45) is 0. The fourth-order valence-electron chi connectivity index (χ4n) is 1.71. The van der Waals surface area contributed by atoms with Crippen molar-refractivity contribution in [1.82, 2.24) is 0 Å². The molecule has 0 unspecified atom stereocenters. The van der Waals surface area contributed by atoms with Gasteiger partial charge in [-0.1, -0.05) is 42.5 Å². The molecule has 0 bridgehead atoms. The van der Waals surface area contributed by atoms with Crippen LogP contribution in [0.2, 0.25) is 0 Å². The summed E-state index contributed by atoms with van der Waals surface area (Å²) >= 11 is 0. The second-order valence-electron chi connectivity index (χ2n) is 4.03. The number of nitrogens with two attached hydrogens (primary N) is 1. The highest BCUT2D eigenvalue weighted by atomic mass is 16.2. The zero-order valence-corrected chi connectivity index (χ0v) is 10.2. The quantitative estimate of drug-likeness (QED) is 0.877. The number of amides is 1. The lowest BCUT2D eigenvalue weighted by Crippen LogP contribution is -2.27. The van der Waals surface area contributed by atoms with Crippen LogP contribution in [-0.4, -0.2) is 5.91 Å². The zero-order chi connectivity index (χ0) is 13.7. The van der Waals surface area contributed by atoms with Crippen molar-refractivity contribution >= 4 is 11.6 Å². The van der Waals surface area contributed by atoms with E-state index in [2.05, 4.69) is 5.32 Å². The Morgan fingerprint density at radius 2 is 1.74 bits per heavy atom. The molecule has 0 radical (unpaired) electrons. The first kappa shape index (κ1) is 12.8. The van der Waals surface area contributed by atoms with Crippen molar-refractivity contribution in [3.8, 4) is 6.07 Å². The fourth-order valence-corrected chi connectivity index (χ4v) is 1.71. The van der Waals surface area contributed by atoms with Crippen LogP contribution in [0.1, 0.15) is 17.2 Å². The second-order valence-corrected chi connectivity index (χ2v) is 4.03. The Hall–Kier alpha value is -2.64. The number of carbonyl (C=O) groups is 1. The number of para-hydroxylation sites is 1. The number of rotatable bonds is 3. The number of nitrogens with zero attached hydrogens (tertiary/aromatic N) is 1. The molecule has 0 aliphatic rings. The first-order valence-electron chi connectivity index (χ1n) is 5.83. The molecular formula is C15H13N3O. The zero-order valence-electron chi connectivity index (χ0n) is 10.2. The Labute approximate surface area is 111 Å². The van der Waals surface area contributed by atoms with Gasteiger partial charge in [-0.25, -0.2) is 0 Å².